The number of carbonyl (C=O) groups is 3. The van der Waals surface area contributed by atoms with Crippen LogP contribution in [0.2, 0.25) is 10.0 Å². The Labute approximate surface area is 178 Å². The first kappa shape index (κ1) is 22.4. The molecule has 2 amide bonds. The second-order valence-corrected chi connectivity index (χ2v) is 7.96. The van der Waals surface area contributed by atoms with E-state index in [1.807, 2.05) is 13.8 Å². The number of thiocarbonyl (C=S) groups is 1. The molecule has 0 spiro atoms. The summed E-state index contributed by atoms with van der Waals surface area (Å²) < 4.78 is 5.15. The second kappa shape index (κ2) is 10.0. The van der Waals surface area contributed by atoms with Crippen molar-refractivity contribution in [2.45, 2.75) is 26.3 Å². The Morgan fingerprint density at radius 2 is 1.96 bits per heavy atom. The maximum Gasteiger partial charge on any atom is 0.308 e. The molecule has 1 heterocycles. The van der Waals surface area contributed by atoms with Crippen LogP contribution < -0.4 is 10.6 Å². The molecule has 0 aliphatic carbocycles. The molecule has 1 unspecified atom stereocenters. The fourth-order valence-electron chi connectivity index (χ4n) is 2.56. The molecule has 1 saturated heterocycles. The third-order valence-electron chi connectivity index (χ3n) is 3.87. The molecular weight excluding hydrogens is 425 g/mol. The average molecular weight is 446 g/mol. The zero-order valence-corrected chi connectivity index (χ0v) is 17.8. The van der Waals surface area contributed by atoms with Gasteiger partial charge in [-0.3, -0.25) is 19.7 Å². The lowest BCUT2D eigenvalue weighted by atomic mass is 10.1. The molecule has 1 aliphatic rings. The first-order valence-electron chi connectivity index (χ1n) is 8.68. The van der Waals surface area contributed by atoms with Crippen molar-refractivity contribution in [1.29, 1.82) is 0 Å². The van der Waals surface area contributed by atoms with Gasteiger partial charge in [0.15, 0.2) is 5.11 Å². The molecule has 1 aromatic carbocycles. The summed E-state index contributed by atoms with van der Waals surface area (Å²) in [6, 6.07) is 3.56. The van der Waals surface area contributed by atoms with E-state index in [4.69, 9.17) is 40.2 Å². The molecule has 152 valence electrons. The summed E-state index contributed by atoms with van der Waals surface area (Å²) in [6.45, 7) is 4.79. The van der Waals surface area contributed by atoms with Crippen molar-refractivity contribution in [1.82, 2.24) is 15.5 Å². The number of piperazine rings is 1. The third kappa shape index (κ3) is 6.32. The van der Waals surface area contributed by atoms with Crippen LogP contribution in [0.4, 0.5) is 0 Å². The largest absolute Gasteiger partial charge is 0.465 e. The Hall–Kier alpha value is -1.90. The van der Waals surface area contributed by atoms with Gasteiger partial charge in [0, 0.05) is 28.7 Å². The summed E-state index contributed by atoms with van der Waals surface area (Å²) in [7, 11) is 0. The fraction of sp³-hybridized carbons (Fsp3) is 0.444. The second-order valence-electron chi connectivity index (χ2n) is 6.70. The van der Waals surface area contributed by atoms with Gasteiger partial charge < -0.3 is 15.0 Å². The monoisotopic (exact) mass is 445 g/mol. The SMILES string of the molecule is CC(C)COC(=O)CC1C(=O)NCCN1C(=S)NC(=O)c1cc(Cl)cc(Cl)c1. The average Bonchev–Trinajstić information content (AvgIpc) is 2.60. The van der Waals surface area contributed by atoms with Gasteiger partial charge in [0.05, 0.1) is 13.0 Å². The first-order chi connectivity index (χ1) is 13.2. The van der Waals surface area contributed by atoms with Gasteiger partial charge >= 0.3 is 5.97 Å². The van der Waals surface area contributed by atoms with Gasteiger partial charge in [-0.25, -0.2) is 0 Å². The lowest BCUT2D eigenvalue weighted by molar-refractivity contribution is -0.148. The van der Waals surface area contributed by atoms with Crippen LogP contribution in [0.3, 0.4) is 0 Å². The number of esters is 1. The molecule has 28 heavy (non-hydrogen) atoms. The van der Waals surface area contributed by atoms with Crippen LogP contribution in [-0.4, -0.2) is 53.5 Å². The predicted molar refractivity (Wildman–Crippen MR) is 110 cm³/mol. The van der Waals surface area contributed by atoms with E-state index in [-0.39, 0.29) is 35.5 Å². The summed E-state index contributed by atoms with van der Waals surface area (Å²) in [5.74, 6) is -1.18. The number of ether oxygens (including phenoxy) is 1. The van der Waals surface area contributed by atoms with Crippen LogP contribution in [0, 0.1) is 5.92 Å². The summed E-state index contributed by atoms with van der Waals surface area (Å²) >= 11 is 17.1. The zero-order chi connectivity index (χ0) is 20.8. The Morgan fingerprint density at radius 1 is 1.32 bits per heavy atom. The molecule has 7 nitrogen and oxygen atoms in total. The molecule has 1 atom stereocenters. The predicted octanol–water partition coefficient (Wildman–Crippen LogP) is 2.40. The highest BCUT2D eigenvalue weighted by molar-refractivity contribution is 7.80. The van der Waals surface area contributed by atoms with E-state index in [2.05, 4.69) is 10.6 Å². The molecule has 0 saturated carbocycles. The summed E-state index contributed by atoms with van der Waals surface area (Å²) in [6.07, 6.45) is -0.169. The maximum atomic E-state index is 12.5. The molecule has 0 radical (unpaired) electrons. The van der Waals surface area contributed by atoms with Crippen LogP contribution in [0.25, 0.3) is 0 Å². The lowest BCUT2D eigenvalue weighted by Gasteiger charge is -2.36. The standard InChI is InChI=1S/C18H21Cl2N3O4S/c1-10(2)9-27-15(24)8-14-17(26)21-3-4-23(14)18(28)22-16(25)11-5-12(19)7-13(20)6-11/h5-7,10,14H,3-4,8-9H2,1-2H3,(H,21,26)(H,22,25,28). The molecule has 10 heteroatoms. The van der Waals surface area contributed by atoms with Crippen LogP contribution >= 0.6 is 35.4 Å². The summed E-state index contributed by atoms with van der Waals surface area (Å²) in [4.78, 5) is 38.3. The number of benzene rings is 1. The number of hydrogen-bond acceptors (Lipinski definition) is 5. The van der Waals surface area contributed by atoms with Gasteiger partial charge in [0.25, 0.3) is 5.91 Å². The Bertz CT molecular complexity index is 768. The van der Waals surface area contributed by atoms with Crippen molar-refractivity contribution in [3.8, 4) is 0 Å². The highest BCUT2D eigenvalue weighted by atomic mass is 35.5. The minimum absolute atomic E-state index is 0.0395. The normalized spacial score (nSPS) is 16.5. The van der Waals surface area contributed by atoms with E-state index in [9.17, 15) is 14.4 Å². The molecule has 1 aromatic rings. The van der Waals surface area contributed by atoms with Crippen LogP contribution in [0.15, 0.2) is 18.2 Å². The number of amides is 2. The number of halogens is 2. The minimum atomic E-state index is -0.857. The van der Waals surface area contributed by atoms with Crippen molar-refractivity contribution in [2.75, 3.05) is 19.7 Å². The van der Waals surface area contributed by atoms with Gasteiger partial charge in [-0.15, -0.1) is 0 Å². The molecule has 2 N–H and O–H groups in total. The van der Waals surface area contributed by atoms with Crippen molar-refractivity contribution < 1.29 is 19.1 Å². The van der Waals surface area contributed by atoms with Gasteiger partial charge in [0.1, 0.15) is 6.04 Å². The molecular formula is C18H21Cl2N3O4S. The van der Waals surface area contributed by atoms with E-state index in [0.29, 0.717) is 23.1 Å². The quantitative estimate of drug-likeness (QED) is 0.534. The van der Waals surface area contributed by atoms with Crippen LogP contribution in [-0.2, 0) is 14.3 Å². The van der Waals surface area contributed by atoms with Gasteiger partial charge in [0.2, 0.25) is 5.91 Å². The molecule has 1 fully saturated rings. The first-order valence-corrected chi connectivity index (χ1v) is 9.85. The number of hydrogen-bond donors (Lipinski definition) is 2. The van der Waals surface area contributed by atoms with Gasteiger partial charge in [-0.1, -0.05) is 37.0 Å². The maximum absolute atomic E-state index is 12.5. The number of carbonyl (C=O) groups excluding carboxylic acids is 3. The van der Waals surface area contributed by atoms with Crippen molar-refractivity contribution in [3.05, 3.63) is 33.8 Å². The lowest BCUT2D eigenvalue weighted by Crippen LogP contribution is -2.60. The van der Waals surface area contributed by atoms with E-state index in [1.165, 1.54) is 23.1 Å². The number of rotatable bonds is 5. The highest BCUT2D eigenvalue weighted by Gasteiger charge is 2.34. The van der Waals surface area contributed by atoms with Gasteiger partial charge in [-0.05, 0) is 36.3 Å². The fourth-order valence-corrected chi connectivity index (χ4v) is 3.40. The van der Waals surface area contributed by atoms with Gasteiger partial charge in [-0.2, -0.15) is 0 Å². The molecule has 0 aromatic heterocycles. The molecule has 2 rings (SSSR count). The van der Waals surface area contributed by atoms with Crippen LogP contribution in [0.5, 0.6) is 0 Å². The van der Waals surface area contributed by atoms with E-state index < -0.39 is 17.9 Å². The van der Waals surface area contributed by atoms with Crippen molar-refractivity contribution >= 4 is 58.3 Å². The topological polar surface area (TPSA) is 87.7 Å². The number of nitrogens with zero attached hydrogens (tertiary/aromatic N) is 1. The van der Waals surface area contributed by atoms with E-state index >= 15 is 0 Å². The van der Waals surface area contributed by atoms with E-state index in [1.54, 1.807) is 0 Å². The summed E-state index contributed by atoms with van der Waals surface area (Å²) in [5, 5.41) is 5.92. The third-order valence-corrected chi connectivity index (χ3v) is 4.65. The number of nitrogens with one attached hydrogen (secondary N) is 2. The van der Waals surface area contributed by atoms with Crippen LogP contribution in [0.1, 0.15) is 30.6 Å². The molecule has 1 aliphatic heterocycles. The minimum Gasteiger partial charge on any atom is -0.465 e. The Kier molecular flexibility index (Phi) is 8.03. The summed E-state index contributed by atoms with van der Waals surface area (Å²) in [5.41, 5.74) is 0.231. The van der Waals surface area contributed by atoms with Crippen molar-refractivity contribution in [2.24, 2.45) is 5.92 Å². The van der Waals surface area contributed by atoms with Crippen molar-refractivity contribution in [3.63, 3.8) is 0 Å². The molecule has 0 bridgehead atoms. The Balaban J connectivity index is 2.06. The smallest absolute Gasteiger partial charge is 0.308 e. The highest BCUT2D eigenvalue weighted by Crippen LogP contribution is 2.19. The zero-order valence-electron chi connectivity index (χ0n) is 15.5. The Morgan fingerprint density at radius 3 is 2.57 bits per heavy atom. The van der Waals surface area contributed by atoms with E-state index in [0.717, 1.165) is 0 Å².